The van der Waals surface area contributed by atoms with Crippen molar-refractivity contribution in [3.05, 3.63) is 16.3 Å². The van der Waals surface area contributed by atoms with E-state index in [0.29, 0.717) is 23.9 Å². The predicted octanol–water partition coefficient (Wildman–Crippen LogP) is 1.46. The van der Waals surface area contributed by atoms with Crippen LogP contribution in [-0.4, -0.2) is 63.3 Å². The summed E-state index contributed by atoms with van der Waals surface area (Å²) in [6.45, 7) is 8.05. The molecule has 1 amide bonds. The van der Waals surface area contributed by atoms with E-state index in [-0.39, 0.29) is 10.8 Å². The molecule has 0 aromatic carbocycles. The van der Waals surface area contributed by atoms with Gasteiger partial charge in [0, 0.05) is 38.6 Å². The summed E-state index contributed by atoms with van der Waals surface area (Å²) in [4.78, 5) is 14.6. The van der Waals surface area contributed by atoms with Crippen molar-refractivity contribution >= 4 is 27.3 Å². The molecule has 0 radical (unpaired) electrons. The van der Waals surface area contributed by atoms with Crippen LogP contribution in [0.2, 0.25) is 0 Å². The average Bonchev–Trinajstić information content (AvgIpc) is 2.88. The molecule has 23 heavy (non-hydrogen) atoms. The molecule has 1 aromatic heterocycles. The van der Waals surface area contributed by atoms with Crippen molar-refractivity contribution in [1.29, 1.82) is 0 Å². The first kappa shape index (κ1) is 18.4. The van der Waals surface area contributed by atoms with Gasteiger partial charge >= 0.3 is 0 Å². The zero-order valence-electron chi connectivity index (χ0n) is 13.9. The van der Waals surface area contributed by atoms with Gasteiger partial charge in [0.05, 0.1) is 9.77 Å². The van der Waals surface area contributed by atoms with Crippen molar-refractivity contribution < 1.29 is 13.2 Å². The Morgan fingerprint density at radius 3 is 2.70 bits per heavy atom. The zero-order valence-corrected chi connectivity index (χ0v) is 15.5. The number of nitrogens with zero attached hydrogens (tertiary/aromatic N) is 2. The maximum atomic E-state index is 12.8. The number of amides is 1. The highest BCUT2D eigenvalue weighted by molar-refractivity contribution is 7.89. The Morgan fingerprint density at radius 1 is 1.30 bits per heavy atom. The molecule has 1 aliphatic heterocycles. The molecule has 8 heteroatoms. The third-order valence-electron chi connectivity index (χ3n) is 3.83. The first-order chi connectivity index (χ1) is 10.8. The van der Waals surface area contributed by atoms with Crippen LogP contribution >= 0.6 is 11.3 Å². The van der Waals surface area contributed by atoms with Gasteiger partial charge in [-0.3, -0.25) is 4.79 Å². The second kappa shape index (κ2) is 7.74. The Morgan fingerprint density at radius 2 is 2.04 bits per heavy atom. The summed E-state index contributed by atoms with van der Waals surface area (Å²) in [6.07, 6.45) is 0.832. The number of thiophene rings is 1. The maximum Gasteiger partial charge on any atom is 0.261 e. The molecule has 1 saturated heterocycles. The molecule has 0 aliphatic carbocycles. The van der Waals surface area contributed by atoms with Gasteiger partial charge < -0.3 is 10.2 Å². The summed E-state index contributed by atoms with van der Waals surface area (Å²) in [5, 5.41) is 4.07. The van der Waals surface area contributed by atoms with E-state index in [1.165, 1.54) is 13.1 Å². The molecule has 1 aliphatic rings. The Bertz CT molecular complexity index is 640. The van der Waals surface area contributed by atoms with E-state index in [4.69, 9.17) is 0 Å². The third-order valence-corrected chi connectivity index (χ3v) is 6.79. The lowest BCUT2D eigenvalue weighted by molar-refractivity contribution is 0.0967. The molecule has 1 aromatic rings. The summed E-state index contributed by atoms with van der Waals surface area (Å²) < 4.78 is 27.1. The number of nitrogens with one attached hydrogen (secondary N) is 1. The zero-order chi connectivity index (χ0) is 17.0. The molecule has 2 heterocycles. The van der Waals surface area contributed by atoms with Crippen molar-refractivity contribution in [3.8, 4) is 0 Å². The van der Waals surface area contributed by atoms with Crippen molar-refractivity contribution in [1.82, 2.24) is 14.5 Å². The largest absolute Gasteiger partial charge is 0.354 e. The van der Waals surface area contributed by atoms with E-state index in [9.17, 15) is 13.2 Å². The Balaban J connectivity index is 2.10. The fraction of sp³-hybridized carbons (Fsp3) is 0.667. The molecule has 0 bridgehead atoms. The Labute approximate surface area is 142 Å². The number of carbonyl (C=O) groups excluding carboxylic acids is 1. The molecule has 130 valence electrons. The highest BCUT2D eigenvalue weighted by Gasteiger charge is 2.28. The van der Waals surface area contributed by atoms with Gasteiger partial charge in [-0.25, -0.2) is 8.42 Å². The minimum atomic E-state index is -3.52. The number of carbonyl (C=O) groups is 1. The first-order valence-electron chi connectivity index (χ1n) is 7.87. The fourth-order valence-corrected chi connectivity index (χ4v) is 5.41. The van der Waals surface area contributed by atoms with Crippen LogP contribution in [0.3, 0.4) is 0 Å². The van der Waals surface area contributed by atoms with Gasteiger partial charge in [-0.15, -0.1) is 11.3 Å². The van der Waals surface area contributed by atoms with Crippen LogP contribution < -0.4 is 5.32 Å². The topological polar surface area (TPSA) is 69.7 Å². The van der Waals surface area contributed by atoms with E-state index < -0.39 is 10.0 Å². The molecular formula is C15H25N3O3S2. The quantitative estimate of drug-likeness (QED) is 0.864. The Kier molecular flexibility index (Phi) is 6.19. The van der Waals surface area contributed by atoms with E-state index >= 15 is 0 Å². The van der Waals surface area contributed by atoms with Crippen LogP contribution in [0.1, 0.15) is 29.9 Å². The lowest BCUT2D eigenvalue weighted by atomic mass is 10.2. The van der Waals surface area contributed by atoms with Crippen LogP contribution in [0, 0.1) is 5.92 Å². The molecule has 1 fully saturated rings. The normalized spacial score (nSPS) is 18.1. The molecule has 0 saturated carbocycles. The van der Waals surface area contributed by atoms with Gasteiger partial charge in [0.1, 0.15) is 0 Å². The van der Waals surface area contributed by atoms with Crippen LogP contribution in [-0.2, 0) is 10.0 Å². The predicted molar refractivity (Wildman–Crippen MR) is 92.4 cm³/mol. The number of rotatable bonds is 5. The summed E-state index contributed by atoms with van der Waals surface area (Å²) in [5.41, 5.74) is 0. The minimum absolute atomic E-state index is 0.221. The molecule has 2 rings (SSSR count). The van der Waals surface area contributed by atoms with Crippen LogP contribution in [0.25, 0.3) is 0 Å². The van der Waals surface area contributed by atoms with Crippen molar-refractivity contribution in [2.24, 2.45) is 5.92 Å². The average molecular weight is 360 g/mol. The number of sulfonamides is 1. The number of hydrogen-bond donors (Lipinski definition) is 1. The second-order valence-electron chi connectivity index (χ2n) is 6.18. The number of hydrogen-bond acceptors (Lipinski definition) is 5. The highest BCUT2D eigenvalue weighted by atomic mass is 32.2. The lowest BCUT2D eigenvalue weighted by Crippen LogP contribution is -2.36. The van der Waals surface area contributed by atoms with Gasteiger partial charge in [0.2, 0.25) is 10.0 Å². The van der Waals surface area contributed by atoms with E-state index in [1.807, 2.05) is 0 Å². The van der Waals surface area contributed by atoms with Gasteiger partial charge in [-0.05, 0) is 24.9 Å². The Hall–Kier alpha value is -0.960. The van der Waals surface area contributed by atoms with Crippen LogP contribution in [0.4, 0.5) is 0 Å². The van der Waals surface area contributed by atoms with Gasteiger partial charge in [-0.2, -0.15) is 4.31 Å². The molecule has 0 spiro atoms. The highest BCUT2D eigenvalue weighted by Crippen LogP contribution is 2.23. The molecular weight excluding hydrogens is 334 g/mol. The van der Waals surface area contributed by atoms with E-state index in [0.717, 1.165) is 37.4 Å². The molecule has 1 N–H and O–H groups in total. The maximum absolute atomic E-state index is 12.8. The SMILES string of the molecule is CNC(=O)c1cc(S(=O)(=O)N2CCCN(CC(C)C)CC2)cs1. The standard InChI is InChI=1S/C15H25N3O3S2/c1-12(2)10-17-5-4-6-18(8-7-17)23(20,21)13-9-14(22-11-13)15(19)16-3/h9,11-12H,4-8,10H2,1-3H3,(H,16,19). The van der Waals surface area contributed by atoms with Crippen molar-refractivity contribution in [2.75, 3.05) is 39.8 Å². The second-order valence-corrected chi connectivity index (χ2v) is 9.03. The summed E-state index contributed by atoms with van der Waals surface area (Å²) >= 11 is 1.16. The molecule has 6 nitrogen and oxygen atoms in total. The summed E-state index contributed by atoms with van der Waals surface area (Å²) in [6, 6.07) is 1.47. The fourth-order valence-electron chi connectivity index (χ4n) is 2.73. The first-order valence-corrected chi connectivity index (χ1v) is 10.2. The van der Waals surface area contributed by atoms with E-state index in [2.05, 4.69) is 24.1 Å². The van der Waals surface area contributed by atoms with Crippen LogP contribution in [0.5, 0.6) is 0 Å². The van der Waals surface area contributed by atoms with Crippen molar-refractivity contribution in [3.63, 3.8) is 0 Å². The third kappa shape index (κ3) is 4.53. The summed E-state index contributed by atoms with van der Waals surface area (Å²) in [5.74, 6) is 0.320. The van der Waals surface area contributed by atoms with Crippen LogP contribution in [0.15, 0.2) is 16.3 Å². The van der Waals surface area contributed by atoms with Gasteiger partial charge in [0.15, 0.2) is 0 Å². The molecule has 0 atom stereocenters. The summed E-state index contributed by atoms with van der Waals surface area (Å²) in [7, 11) is -1.99. The monoisotopic (exact) mass is 359 g/mol. The molecule has 0 unspecified atom stereocenters. The van der Waals surface area contributed by atoms with E-state index in [1.54, 1.807) is 9.69 Å². The lowest BCUT2D eigenvalue weighted by Gasteiger charge is -2.22. The van der Waals surface area contributed by atoms with Crippen molar-refractivity contribution in [2.45, 2.75) is 25.2 Å². The smallest absolute Gasteiger partial charge is 0.261 e. The van der Waals surface area contributed by atoms with Gasteiger partial charge in [-0.1, -0.05) is 13.8 Å². The van der Waals surface area contributed by atoms with Gasteiger partial charge in [0.25, 0.3) is 5.91 Å². The minimum Gasteiger partial charge on any atom is -0.354 e.